The van der Waals surface area contributed by atoms with Crippen molar-refractivity contribution in [2.24, 2.45) is 0 Å². The predicted molar refractivity (Wildman–Crippen MR) is 67.1 cm³/mol. The summed E-state index contributed by atoms with van der Waals surface area (Å²) in [6.45, 7) is 1.79. The van der Waals surface area contributed by atoms with Gasteiger partial charge in [-0.1, -0.05) is 12.8 Å². The van der Waals surface area contributed by atoms with Crippen molar-refractivity contribution in [3.8, 4) is 0 Å². The summed E-state index contributed by atoms with van der Waals surface area (Å²) in [5.41, 5.74) is 0. The van der Waals surface area contributed by atoms with Gasteiger partial charge in [-0.05, 0) is 25.7 Å². The molecular weight excluding hydrogens is 222 g/mol. The van der Waals surface area contributed by atoms with Crippen molar-refractivity contribution in [1.82, 2.24) is 5.32 Å². The molecule has 0 radical (unpaired) electrons. The fraction of sp³-hybridized carbons (Fsp3) is 1.00. The van der Waals surface area contributed by atoms with Crippen LogP contribution in [0.1, 0.15) is 38.5 Å². The van der Waals surface area contributed by atoms with Crippen LogP contribution in [0.25, 0.3) is 0 Å². The first kappa shape index (κ1) is 12.5. The zero-order valence-electron chi connectivity index (χ0n) is 9.95. The Kier molecular flexibility index (Phi) is 5.26. The molecule has 0 spiro atoms. The van der Waals surface area contributed by atoms with Gasteiger partial charge in [0.25, 0.3) is 0 Å². The summed E-state index contributed by atoms with van der Waals surface area (Å²) < 4.78 is 17.0. The van der Waals surface area contributed by atoms with E-state index in [0.29, 0.717) is 12.1 Å². The summed E-state index contributed by atoms with van der Waals surface area (Å²) in [5, 5.41) is 3.51. The minimum absolute atomic E-state index is 0.528. The highest BCUT2D eigenvalue weighted by Crippen LogP contribution is 2.20. The molecule has 0 aromatic carbocycles. The van der Waals surface area contributed by atoms with Gasteiger partial charge in [0.15, 0.2) is 0 Å². The van der Waals surface area contributed by atoms with Gasteiger partial charge in [0.2, 0.25) is 0 Å². The van der Waals surface area contributed by atoms with Crippen LogP contribution in [0.4, 0.5) is 0 Å². The standard InChI is InChI=1S/C12H23NO2S/c14-16-9-5-11(6-10-16)13-7-8-15-12-3-1-2-4-12/h11-13H,1-10H2. The zero-order valence-corrected chi connectivity index (χ0v) is 10.8. The van der Waals surface area contributed by atoms with E-state index in [4.69, 9.17) is 4.74 Å². The van der Waals surface area contributed by atoms with E-state index in [-0.39, 0.29) is 0 Å². The van der Waals surface area contributed by atoms with E-state index in [1.165, 1.54) is 25.7 Å². The van der Waals surface area contributed by atoms with Crippen LogP contribution in [0.15, 0.2) is 0 Å². The largest absolute Gasteiger partial charge is 0.377 e. The molecule has 1 aliphatic carbocycles. The zero-order chi connectivity index (χ0) is 11.2. The Morgan fingerprint density at radius 3 is 2.50 bits per heavy atom. The van der Waals surface area contributed by atoms with E-state index < -0.39 is 10.8 Å². The van der Waals surface area contributed by atoms with Gasteiger partial charge in [0.05, 0.1) is 12.7 Å². The lowest BCUT2D eigenvalue weighted by atomic mass is 10.1. The molecule has 1 N–H and O–H groups in total. The summed E-state index contributed by atoms with van der Waals surface area (Å²) in [6.07, 6.45) is 7.84. The molecule has 0 unspecified atom stereocenters. The van der Waals surface area contributed by atoms with Crippen LogP contribution < -0.4 is 5.32 Å². The maximum absolute atomic E-state index is 11.2. The Labute approximate surface area is 101 Å². The highest BCUT2D eigenvalue weighted by Gasteiger charge is 2.18. The molecule has 1 aliphatic heterocycles. The summed E-state index contributed by atoms with van der Waals surface area (Å²) in [7, 11) is -0.541. The topological polar surface area (TPSA) is 38.3 Å². The minimum Gasteiger partial charge on any atom is -0.377 e. The number of hydrogen-bond acceptors (Lipinski definition) is 3. The third kappa shape index (κ3) is 4.15. The average Bonchev–Trinajstić information content (AvgIpc) is 2.80. The normalized spacial score (nSPS) is 32.0. The second-order valence-corrected chi connectivity index (χ2v) is 6.55. The number of hydrogen-bond donors (Lipinski definition) is 1. The third-order valence-electron chi connectivity index (χ3n) is 3.58. The fourth-order valence-corrected chi connectivity index (χ4v) is 3.84. The van der Waals surface area contributed by atoms with Crippen LogP contribution in [0.2, 0.25) is 0 Å². The fourth-order valence-electron chi connectivity index (χ4n) is 2.54. The lowest BCUT2D eigenvalue weighted by molar-refractivity contribution is 0.0590. The molecule has 0 bridgehead atoms. The van der Waals surface area contributed by atoms with E-state index in [0.717, 1.165) is 37.5 Å². The Hall–Kier alpha value is 0.0700. The molecular formula is C12H23NO2S. The van der Waals surface area contributed by atoms with E-state index in [9.17, 15) is 4.21 Å². The Morgan fingerprint density at radius 1 is 1.12 bits per heavy atom. The molecule has 2 fully saturated rings. The Balaban J connectivity index is 1.49. The average molecular weight is 245 g/mol. The van der Waals surface area contributed by atoms with Gasteiger partial charge in [-0.2, -0.15) is 0 Å². The molecule has 1 saturated carbocycles. The first-order valence-corrected chi connectivity index (χ1v) is 8.03. The van der Waals surface area contributed by atoms with Gasteiger partial charge in [-0.15, -0.1) is 0 Å². The van der Waals surface area contributed by atoms with Gasteiger partial charge >= 0.3 is 0 Å². The first-order valence-electron chi connectivity index (χ1n) is 6.54. The molecule has 0 aromatic heterocycles. The second kappa shape index (κ2) is 6.72. The number of rotatable bonds is 5. The van der Waals surface area contributed by atoms with Crippen molar-refractivity contribution < 1.29 is 8.95 Å². The third-order valence-corrected chi connectivity index (χ3v) is 4.96. The molecule has 4 heteroatoms. The van der Waals surface area contributed by atoms with E-state index in [2.05, 4.69) is 5.32 Å². The minimum atomic E-state index is -0.541. The molecule has 2 rings (SSSR count). The van der Waals surface area contributed by atoms with E-state index in [1.807, 2.05) is 0 Å². The summed E-state index contributed by atoms with van der Waals surface area (Å²) in [5.74, 6) is 1.75. The van der Waals surface area contributed by atoms with Gasteiger partial charge in [-0.25, -0.2) is 0 Å². The Bertz CT molecular complexity index is 219. The maximum atomic E-state index is 11.2. The lowest BCUT2D eigenvalue weighted by Gasteiger charge is -2.23. The molecule has 0 amide bonds. The van der Waals surface area contributed by atoms with Crippen molar-refractivity contribution in [1.29, 1.82) is 0 Å². The number of nitrogens with one attached hydrogen (secondary N) is 1. The first-order chi connectivity index (χ1) is 7.84. The maximum Gasteiger partial charge on any atom is 0.0594 e. The van der Waals surface area contributed by atoms with Crippen LogP contribution in [0.5, 0.6) is 0 Å². The van der Waals surface area contributed by atoms with E-state index in [1.54, 1.807) is 0 Å². The van der Waals surface area contributed by atoms with Crippen LogP contribution >= 0.6 is 0 Å². The van der Waals surface area contributed by atoms with Crippen molar-refractivity contribution in [2.45, 2.75) is 50.7 Å². The van der Waals surface area contributed by atoms with Crippen LogP contribution in [0.3, 0.4) is 0 Å². The molecule has 1 saturated heterocycles. The molecule has 16 heavy (non-hydrogen) atoms. The van der Waals surface area contributed by atoms with Crippen molar-refractivity contribution >= 4 is 10.8 Å². The second-order valence-electron chi connectivity index (χ2n) is 4.85. The van der Waals surface area contributed by atoms with Crippen LogP contribution in [-0.4, -0.2) is 41.0 Å². The molecule has 0 atom stereocenters. The summed E-state index contributed by atoms with van der Waals surface area (Å²) in [4.78, 5) is 0. The van der Waals surface area contributed by atoms with Crippen molar-refractivity contribution in [2.75, 3.05) is 24.7 Å². The molecule has 3 nitrogen and oxygen atoms in total. The van der Waals surface area contributed by atoms with Gasteiger partial charge in [-0.3, -0.25) is 4.21 Å². The molecule has 2 aliphatic rings. The highest BCUT2D eigenvalue weighted by molar-refractivity contribution is 7.85. The Morgan fingerprint density at radius 2 is 1.81 bits per heavy atom. The van der Waals surface area contributed by atoms with Gasteiger partial charge < -0.3 is 10.1 Å². The monoisotopic (exact) mass is 245 g/mol. The summed E-state index contributed by atoms with van der Waals surface area (Å²) in [6, 6.07) is 0.574. The van der Waals surface area contributed by atoms with E-state index >= 15 is 0 Å². The van der Waals surface area contributed by atoms with Gasteiger partial charge in [0, 0.05) is 34.9 Å². The smallest absolute Gasteiger partial charge is 0.0594 e. The van der Waals surface area contributed by atoms with Gasteiger partial charge in [0.1, 0.15) is 0 Å². The van der Waals surface area contributed by atoms with Crippen LogP contribution in [0, 0.1) is 0 Å². The predicted octanol–water partition coefficient (Wildman–Crippen LogP) is 1.45. The molecule has 1 heterocycles. The van der Waals surface area contributed by atoms with Crippen molar-refractivity contribution in [3.05, 3.63) is 0 Å². The van der Waals surface area contributed by atoms with Crippen LogP contribution in [-0.2, 0) is 15.5 Å². The summed E-state index contributed by atoms with van der Waals surface area (Å²) >= 11 is 0. The highest BCUT2D eigenvalue weighted by atomic mass is 32.2. The number of ether oxygens (including phenoxy) is 1. The molecule has 94 valence electrons. The van der Waals surface area contributed by atoms with Crippen molar-refractivity contribution in [3.63, 3.8) is 0 Å². The lowest BCUT2D eigenvalue weighted by Crippen LogP contribution is -2.37. The quantitative estimate of drug-likeness (QED) is 0.745. The SMILES string of the molecule is O=S1CCC(NCCOC2CCCC2)CC1. The molecule has 0 aromatic rings.